The van der Waals surface area contributed by atoms with E-state index in [0.717, 1.165) is 18.2 Å². The Bertz CT molecular complexity index is 199. The number of rotatable bonds is 3. The first-order chi connectivity index (χ1) is 6.62. The second-order valence-electron chi connectivity index (χ2n) is 4.20. The quantitative estimate of drug-likeness (QED) is 0.670. The number of hydrogen-bond donors (Lipinski definition) is 0. The van der Waals surface area contributed by atoms with Crippen LogP contribution in [0.3, 0.4) is 0 Å². The zero-order valence-corrected chi connectivity index (χ0v) is 10.2. The Morgan fingerprint density at radius 3 is 2.50 bits per heavy atom. The molecule has 82 valence electrons. The van der Waals surface area contributed by atoms with Gasteiger partial charge < -0.3 is 4.74 Å². The van der Waals surface area contributed by atoms with E-state index in [-0.39, 0.29) is 10.9 Å². The zero-order valence-electron chi connectivity index (χ0n) is 9.34. The monoisotopic (exact) mass is 216 g/mol. The van der Waals surface area contributed by atoms with Crippen molar-refractivity contribution in [2.45, 2.75) is 51.6 Å². The molecule has 1 fully saturated rings. The molecule has 1 aliphatic carbocycles. The summed E-state index contributed by atoms with van der Waals surface area (Å²) < 4.78 is 5.54. The summed E-state index contributed by atoms with van der Waals surface area (Å²) in [6.45, 7) is 4.18. The molecule has 1 rings (SSSR count). The highest BCUT2D eigenvalue weighted by Crippen LogP contribution is 2.38. The van der Waals surface area contributed by atoms with Crippen LogP contribution in [0.5, 0.6) is 0 Å². The Labute approximate surface area is 90.8 Å². The number of thioether (sulfide) groups is 1. The minimum absolute atomic E-state index is 0.138. The maximum Gasteiger partial charge on any atom is 0.367 e. The summed E-state index contributed by atoms with van der Waals surface area (Å²) in [5.41, 5.74) is -0.226. The lowest BCUT2D eigenvalue weighted by atomic mass is 9.85. The van der Waals surface area contributed by atoms with Gasteiger partial charge in [-0.3, -0.25) is 0 Å². The molecule has 0 aliphatic heterocycles. The average molecular weight is 216 g/mol. The Morgan fingerprint density at radius 1 is 1.50 bits per heavy atom. The standard InChI is InChI=1S/C11H20O2S/c1-4-11(2,13-10(12)14-3)9-7-5-6-8-9/h9H,4-8H2,1-3H3. The van der Waals surface area contributed by atoms with E-state index in [0.29, 0.717) is 5.92 Å². The van der Waals surface area contributed by atoms with Crippen LogP contribution in [0.1, 0.15) is 46.0 Å². The first-order valence-electron chi connectivity index (χ1n) is 5.39. The predicted octanol–water partition coefficient (Wildman–Crippen LogP) is 3.84. The van der Waals surface area contributed by atoms with Crippen molar-refractivity contribution in [2.24, 2.45) is 5.92 Å². The van der Waals surface area contributed by atoms with E-state index in [1.165, 1.54) is 25.7 Å². The summed E-state index contributed by atoms with van der Waals surface area (Å²) >= 11 is 1.16. The van der Waals surface area contributed by atoms with E-state index in [4.69, 9.17) is 4.74 Å². The highest BCUT2D eigenvalue weighted by Gasteiger charge is 2.37. The minimum Gasteiger partial charge on any atom is -0.451 e. The second-order valence-corrected chi connectivity index (χ2v) is 4.95. The summed E-state index contributed by atoms with van der Waals surface area (Å²) in [5, 5.41) is -0.138. The summed E-state index contributed by atoms with van der Waals surface area (Å²) in [7, 11) is 0. The van der Waals surface area contributed by atoms with Gasteiger partial charge in [-0.05, 0) is 50.1 Å². The molecule has 14 heavy (non-hydrogen) atoms. The molecule has 1 aliphatic rings. The van der Waals surface area contributed by atoms with Crippen molar-refractivity contribution in [1.82, 2.24) is 0 Å². The van der Waals surface area contributed by atoms with Crippen molar-refractivity contribution >= 4 is 17.1 Å². The van der Waals surface area contributed by atoms with Crippen LogP contribution in [-0.2, 0) is 4.74 Å². The molecule has 1 saturated carbocycles. The van der Waals surface area contributed by atoms with Crippen molar-refractivity contribution in [1.29, 1.82) is 0 Å². The van der Waals surface area contributed by atoms with Gasteiger partial charge in [0.1, 0.15) is 5.60 Å². The van der Waals surface area contributed by atoms with Gasteiger partial charge in [0, 0.05) is 0 Å². The fourth-order valence-corrected chi connectivity index (χ4v) is 2.49. The molecule has 1 atom stereocenters. The smallest absolute Gasteiger partial charge is 0.367 e. The van der Waals surface area contributed by atoms with Gasteiger partial charge in [-0.25, -0.2) is 4.79 Å². The van der Waals surface area contributed by atoms with Gasteiger partial charge in [0.15, 0.2) is 0 Å². The molecule has 0 radical (unpaired) electrons. The molecule has 0 bridgehead atoms. The molecule has 0 saturated heterocycles. The first-order valence-corrected chi connectivity index (χ1v) is 6.62. The third-order valence-corrected chi connectivity index (χ3v) is 3.82. The molecule has 0 heterocycles. The van der Waals surface area contributed by atoms with Gasteiger partial charge in [-0.1, -0.05) is 19.8 Å². The first kappa shape index (κ1) is 11.9. The van der Waals surface area contributed by atoms with Crippen molar-refractivity contribution in [3.05, 3.63) is 0 Å². The lowest BCUT2D eigenvalue weighted by molar-refractivity contribution is -0.00792. The van der Waals surface area contributed by atoms with E-state index < -0.39 is 0 Å². The minimum atomic E-state index is -0.226. The fraction of sp³-hybridized carbons (Fsp3) is 0.909. The maximum atomic E-state index is 11.3. The summed E-state index contributed by atoms with van der Waals surface area (Å²) in [4.78, 5) is 11.3. The summed E-state index contributed by atoms with van der Waals surface area (Å²) in [6.07, 6.45) is 7.70. The Kier molecular flexibility index (Phi) is 4.30. The van der Waals surface area contributed by atoms with Gasteiger partial charge in [-0.15, -0.1) is 0 Å². The van der Waals surface area contributed by atoms with Gasteiger partial charge in [-0.2, -0.15) is 0 Å². The van der Waals surface area contributed by atoms with Gasteiger partial charge >= 0.3 is 5.30 Å². The van der Waals surface area contributed by atoms with Crippen molar-refractivity contribution in [2.75, 3.05) is 6.26 Å². The van der Waals surface area contributed by atoms with Gasteiger partial charge in [0.25, 0.3) is 0 Å². The topological polar surface area (TPSA) is 26.3 Å². The maximum absolute atomic E-state index is 11.3. The van der Waals surface area contributed by atoms with E-state index in [1.807, 2.05) is 0 Å². The van der Waals surface area contributed by atoms with Crippen LogP contribution in [0.4, 0.5) is 4.79 Å². The molecule has 0 aromatic heterocycles. The third kappa shape index (κ3) is 2.66. The molecular weight excluding hydrogens is 196 g/mol. The molecule has 3 heteroatoms. The number of carbonyl (C=O) groups is 1. The lowest BCUT2D eigenvalue weighted by Gasteiger charge is -2.34. The second kappa shape index (κ2) is 5.06. The molecule has 0 aromatic carbocycles. The molecule has 0 aromatic rings. The SMILES string of the molecule is CCC(C)(OC(=O)SC)C1CCCC1. The Hall–Kier alpha value is -0.180. The van der Waals surface area contributed by atoms with Crippen molar-refractivity contribution in [3.8, 4) is 0 Å². The number of ether oxygens (including phenoxy) is 1. The fourth-order valence-electron chi connectivity index (χ4n) is 2.21. The van der Waals surface area contributed by atoms with Crippen LogP contribution in [0.25, 0.3) is 0 Å². The molecule has 0 N–H and O–H groups in total. The van der Waals surface area contributed by atoms with Crippen LogP contribution < -0.4 is 0 Å². The van der Waals surface area contributed by atoms with E-state index in [1.54, 1.807) is 6.26 Å². The molecular formula is C11H20O2S. The molecule has 1 unspecified atom stereocenters. The van der Waals surface area contributed by atoms with Crippen LogP contribution in [0.15, 0.2) is 0 Å². The average Bonchev–Trinajstić information content (AvgIpc) is 2.70. The van der Waals surface area contributed by atoms with Crippen LogP contribution >= 0.6 is 11.8 Å². The summed E-state index contributed by atoms with van der Waals surface area (Å²) in [6, 6.07) is 0. The number of carbonyl (C=O) groups excluding carboxylic acids is 1. The number of hydrogen-bond acceptors (Lipinski definition) is 3. The third-order valence-electron chi connectivity index (χ3n) is 3.40. The van der Waals surface area contributed by atoms with Crippen LogP contribution in [0.2, 0.25) is 0 Å². The van der Waals surface area contributed by atoms with Crippen molar-refractivity contribution < 1.29 is 9.53 Å². The zero-order chi connectivity index (χ0) is 10.6. The van der Waals surface area contributed by atoms with Gasteiger partial charge in [0.2, 0.25) is 0 Å². The molecule has 2 nitrogen and oxygen atoms in total. The highest BCUT2D eigenvalue weighted by molar-refractivity contribution is 8.12. The largest absolute Gasteiger partial charge is 0.451 e. The normalized spacial score (nSPS) is 21.9. The molecule has 0 spiro atoms. The highest BCUT2D eigenvalue weighted by atomic mass is 32.2. The van der Waals surface area contributed by atoms with Crippen LogP contribution in [0, 0.1) is 5.92 Å². The van der Waals surface area contributed by atoms with Crippen molar-refractivity contribution in [3.63, 3.8) is 0 Å². The predicted molar refractivity (Wildman–Crippen MR) is 60.7 cm³/mol. The molecule has 0 amide bonds. The lowest BCUT2D eigenvalue weighted by Crippen LogP contribution is -2.37. The Morgan fingerprint density at radius 2 is 2.07 bits per heavy atom. The summed E-state index contributed by atoms with van der Waals surface area (Å²) in [5.74, 6) is 0.573. The Balaban J connectivity index is 2.59. The van der Waals surface area contributed by atoms with E-state index >= 15 is 0 Å². The van der Waals surface area contributed by atoms with E-state index in [9.17, 15) is 4.79 Å². The van der Waals surface area contributed by atoms with Gasteiger partial charge in [0.05, 0.1) is 0 Å². The van der Waals surface area contributed by atoms with E-state index in [2.05, 4.69) is 13.8 Å². The van der Waals surface area contributed by atoms with Crippen LogP contribution in [-0.4, -0.2) is 17.2 Å².